The van der Waals surface area contributed by atoms with Gasteiger partial charge in [-0.3, -0.25) is 4.79 Å². The van der Waals surface area contributed by atoms with Crippen LogP contribution in [0, 0.1) is 6.92 Å². The Morgan fingerprint density at radius 1 is 1.19 bits per heavy atom. The fourth-order valence-electron chi connectivity index (χ4n) is 3.72. The number of carbonyl (C=O) groups is 2. The number of likely N-dealkylation sites (N-methyl/N-ethyl adjacent to an activating group) is 1. The number of aryl methyl sites for hydroxylation is 1. The molecule has 0 aliphatic heterocycles. The van der Waals surface area contributed by atoms with E-state index >= 15 is 0 Å². The van der Waals surface area contributed by atoms with Crippen LogP contribution < -0.4 is 0 Å². The highest BCUT2D eigenvalue weighted by atomic mass is 16.5. The molecule has 27 heavy (non-hydrogen) atoms. The molecule has 1 fully saturated rings. The van der Waals surface area contributed by atoms with Gasteiger partial charge >= 0.3 is 5.97 Å². The van der Waals surface area contributed by atoms with Gasteiger partial charge in [0.05, 0.1) is 0 Å². The van der Waals surface area contributed by atoms with E-state index in [1.165, 1.54) is 6.42 Å². The molecule has 1 aliphatic rings. The first-order valence-electron chi connectivity index (χ1n) is 9.60. The normalized spacial score (nSPS) is 14.7. The van der Waals surface area contributed by atoms with Gasteiger partial charge in [-0.25, -0.2) is 4.79 Å². The van der Waals surface area contributed by atoms with E-state index in [-0.39, 0.29) is 24.1 Å². The summed E-state index contributed by atoms with van der Waals surface area (Å²) < 4.78 is 10.5. The second-order valence-electron chi connectivity index (χ2n) is 6.88. The Hall–Kier alpha value is -2.63. The molecule has 0 radical (unpaired) electrons. The maximum absolute atomic E-state index is 12.6. The number of benzene rings is 1. The third-order valence-electron chi connectivity index (χ3n) is 5.12. The lowest BCUT2D eigenvalue weighted by Crippen LogP contribution is -2.43. The second kappa shape index (κ2) is 8.84. The van der Waals surface area contributed by atoms with E-state index in [9.17, 15) is 9.59 Å². The van der Waals surface area contributed by atoms with Gasteiger partial charge in [0, 0.05) is 18.2 Å². The Morgan fingerprint density at radius 3 is 2.56 bits per heavy atom. The quantitative estimate of drug-likeness (QED) is 0.719. The van der Waals surface area contributed by atoms with Gasteiger partial charge in [0.15, 0.2) is 6.61 Å². The van der Waals surface area contributed by atoms with Crippen LogP contribution in [0.5, 0.6) is 0 Å². The SMILES string of the molecule is CCN(C(=O)COC(=O)c1c(-c2ccccc2)noc1C)C1CCCCC1. The Balaban J connectivity index is 1.67. The van der Waals surface area contributed by atoms with Crippen LogP contribution >= 0.6 is 0 Å². The van der Waals surface area contributed by atoms with E-state index in [1.54, 1.807) is 6.92 Å². The van der Waals surface area contributed by atoms with E-state index in [2.05, 4.69) is 5.16 Å². The summed E-state index contributed by atoms with van der Waals surface area (Å²) in [4.78, 5) is 27.1. The summed E-state index contributed by atoms with van der Waals surface area (Å²) in [5.74, 6) is -0.348. The highest BCUT2D eigenvalue weighted by Crippen LogP contribution is 2.26. The molecule has 1 aliphatic carbocycles. The minimum absolute atomic E-state index is 0.145. The fraction of sp³-hybridized carbons (Fsp3) is 0.476. The molecule has 6 heteroatoms. The molecular weight excluding hydrogens is 344 g/mol. The summed E-state index contributed by atoms with van der Waals surface area (Å²) in [6.07, 6.45) is 5.57. The molecule has 0 bridgehead atoms. The zero-order valence-electron chi connectivity index (χ0n) is 15.9. The number of rotatable bonds is 6. The van der Waals surface area contributed by atoms with Gasteiger partial charge in [0.25, 0.3) is 5.91 Å². The molecular formula is C21H26N2O4. The first-order chi connectivity index (χ1) is 13.1. The molecule has 0 atom stereocenters. The van der Waals surface area contributed by atoms with Gasteiger partial charge in [0.1, 0.15) is 17.0 Å². The number of hydrogen-bond acceptors (Lipinski definition) is 5. The molecule has 1 heterocycles. The molecule has 6 nitrogen and oxygen atoms in total. The Morgan fingerprint density at radius 2 is 1.89 bits per heavy atom. The van der Waals surface area contributed by atoms with Gasteiger partial charge < -0.3 is 14.2 Å². The van der Waals surface area contributed by atoms with Crippen molar-refractivity contribution in [3.8, 4) is 11.3 Å². The van der Waals surface area contributed by atoms with Crippen LogP contribution in [-0.2, 0) is 9.53 Å². The molecule has 1 aromatic carbocycles. The molecule has 0 saturated heterocycles. The number of amides is 1. The lowest BCUT2D eigenvalue weighted by molar-refractivity contribution is -0.137. The van der Waals surface area contributed by atoms with E-state index < -0.39 is 5.97 Å². The van der Waals surface area contributed by atoms with Crippen LogP contribution in [0.4, 0.5) is 0 Å². The predicted octanol–water partition coefficient (Wildman–Crippen LogP) is 3.99. The number of carbonyl (C=O) groups excluding carboxylic acids is 2. The molecule has 1 amide bonds. The Bertz CT molecular complexity index is 779. The van der Waals surface area contributed by atoms with Crippen LogP contribution in [0.15, 0.2) is 34.9 Å². The van der Waals surface area contributed by atoms with Crippen molar-refractivity contribution in [3.05, 3.63) is 41.7 Å². The standard InChI is InChI=1S/C21H26N2O4/c1-3-23(17-12-8-5-9-13-17)18(24)14-26-21(25)19-15(2)27-22-20(19)16-10-6-4-7-11-16/h4,6-7,10-11,17H,3,5,8-9,12-14H2,1-2H3. The van der Waals surface area contributed by atoms with E-state index in [4.69, 9.17) is 9.26 Å². The third-order valence-corrected chi connectivity index (χ3v) is 5.12. The lowest BCUT2D eigenvalue weighted by atomic mass is 9.94. The van der Waals surface area contributed by atoms with Crippen LogP contribution in [0.1, 0.15) is 55.1 Å². The van der Waals surface area contributed by atoms with Crippen molar-refractivity contribution < 1.29 is 18.8 Å². The minimum Gasteiger partial charge on any atom is -0.452 e. The molecule has 144 valence electrons. The van der Waals surface area contributed by atoms with Crippen LogP contribution in [0.25, 0.3) is 11.3 Å². The summed E-state index contributed by atoms with van der Waals surface area (Å²) in [6, 6.07) is 9.56. The third kappa shape index (κ3) is 4.38. The number of esters is 1. The molecule has 1 saturated carbocycles. The zero-order chi connectivity index (χ0) is 19.2. The van der Waals surface area contributed by atoms with Gasteiger partial charge in [-0.2, -0.15) is 0 Å². The number of ether oxygens (including phenoxy) is 1. The summed E-state index contributed by atoms with van der Waals surface area (Å²) in [5, 5.41) is 3.99. The monoisotopic (exact) mass is 370 g/mol. The van der Waals surface area contributed by atoms with Crippen molar-refractivity contribution in [1.29, 1.82) is 0 Å². The maximum atomic E-state index is 12.6. The van der Waals surface area contributed by atoms with Gasteiger partial charge in [0.2, 0.25) is 0 Å². The van der Waals surface area contributed by atoms with Crippen molar-refractivity contribution in [2.24, 2.45) is 0 Å². The molecule has 2 aromatic rings. The van der Waals surface area contributed by atoms with Crippen molar-refractivity contribution in [2.45, 2.75) is 52.0 Å². The summed E-state index contributed by atoms with van der Waals surface area (Å²) in [5.41, 5.74) is 1.48. The topological polar surface area (TPSA) is 72.6 Å². The highest BCUT2D eigenvalue weighted by Gasteiger charge is 2.27. The molecule has 0 N–H and O–H groups in total. The molecule has 0 unspecified atom stereocenters. The van der Waals surface area contributed by atoms with Crippen molar-refractivity contribution in [3.63, 3.8) is 0 Å². The first kappa shape index (κ1) is 19.1. The smallest absolute Gasteiger partial charge is 0.344 e. The minimum atomic E-state index is -0.583. The van der Waals surface area contributed by atoms with Gasteiger partial charge in [-0.15, -0.1) is 0 Å². The first-order valence-corrected chi connectivity index (χ1v) is 9.60. The summed E-state index contributed by atoms with van der Waals surface area (Å²) in [7, 11) is 0. The molecule has 0 spiro atoms. The average molecular weight is 370 g/mol. The molecule has 3 rings (SSSR count). The predicted molar refractivity (Wildman–Crippen MR) is 101 cm³/mol. The highest BCUT2D eigenvalue weighted by molar-refractivity contribution is 5.98. The Kier molecular flexibility index (Phi) is 6.27. The lowest BCUT2D eigenvalue weighted by Gasteiger charge is -2.33. The number of aromatic nitrogens is 1. The summed E-state index contributed by atoms with van der Waals surface area (Å²) in [6.45, 7) is 3.99. The van der Waals surface area contributed by atoms with Crippen LogP contribution in [0.3, 0.4) is 0 Å². The van der Waals surface area contributed by atoms with Crippen molar-refractivity contribution in [2.75, 3.05) is 13.2 Å². The van der Waals surface area contributed by atoms with E-state index in [0.29, 0.717) is 18.0 Å². The van der Waals surface area contributed by atoms with E-state index in [1.807, 2.05) is 42.2 Å². The fourth-order valence-corrected chi connectivity index (χ4v) is 3.72. The van der Waals surface area contributed by atoms with Crippen LogP contribution in [0.2, 0.25) is 0 Å². The maximum Gasteiger partial charge on any atom is 0.344 e. The average Bonchev–Trinajstić information content (AvgIpc) is 3.10. The Labute approximate surface area is 159 Å². The largest absolute Gasteiger partial charge is 0.452 e. The van der Waals surface area contributed by atoms with Gasteiger partial charge in [-0.05, 0) is 26.7 Å². The second-order valence-corrected chi connectivity index (χ2v) is 6.88. The molecule has 1 aromatic heterocycles. The zero-order valence-corrected chi connectivity index (χ0v) is 15.9. The van der Waals surface area contributed by atoms with Crippen molar-refractivity contribution in [1.82, 2.24) is 10.1 Å². The summed E-state index contributed by atoms with van der Waals surface area (Å²) >= 11 is 0. The number of nitrogens with zero attached hydrogens (tertiary/aromatic N) is 2. The number of hydrogen-bond donors (Lipinski definition) is 0. The van der Waals surface area contributed by atoms with Crippen LogP contribution in [-0.4, -0.2) is 41.1 Å². The van der Waals surface area contributed by atoms with Gasteiger partial charge in [-0.1, -0.05) is 54.8 Å². The van der Waals surface area contributed by atoms with E-state index in [0.717, 1.165) is 31.2 Å². The van der Waals surface area contributed by atoms with Crippen molar-refractivity contribution >= 4 is 11.9 Å².